The number of nitro groups is 2. The van der Waals surface area contributed by atoms with E-state index in [1.165, 1.54) is 38.1 Å². The van der Waals surface area contributed by atoms with Crippen LogP contribution in [0.15, 0.2) is 24.3 Å². The van der Waals surface area contributed by atoms with Crippen LogP contribution in [0.4, 0.5) is 11.4 Å². The highest BCUT2D eigenvalue weighted by atomic mass is 16.6. The van der Waals surface area contributed by atoms with E-state index in [4.69, 9.17) is 0 Å². The zero-order valence-corrected chi connectivity index (χ0v) is 12.4. The normalized spacial score (nSPS) is 10.5. The highest BCUT2D eigenvalue weighted by molar-refractivity contribution is 5.54. The summed E-state index contributed by atoms with van der Waals surface area (Å²) in [5.41, 5.74) is 0.666. The van der Waals surface area contributed by atoms with Crippen molar-refractivity contribution in [2.24, 2.45) is 0 Å². The second-order valence-electron chi connectivity index (χ2n) is 5.23. The molecule has 2 aromatic rings. The van der Waals surface area contributed by atoms with E-state index < -0.39 is 9.85 Å². The number of phenols is 2. The van der Waals surface area contributed by atoms with Crippen molar-refractivity contribution < 1.29 is 20.1 Å². The van der Waals surface area contributed by atoms with Gasteiger partial charge in [0.15, 0.2) is 0 Å². The minimum atomic E-state index is -0.589. The van der Waals surface area contributed by atoms with E-state index in [1.807, 2.05) is 0 Å². The molecule has 0 amide bonds. The zero-order valence-electron chi connectivity index (χ0n) is 12.4. The molecule has 0 radical (unpaired) electrons. The molecular weight excluding hydrogens is 304 g/mol. The van der Waals surface area contributed by atoms with Gasteiger partial charge in [-0.2, -0.15) is 0 Å². The van der Waals surface area contributed by atoms with Crippen LogP contribution in [0.3, 0.4) is 0 Å². The summed E-state index contributed by atoms with van der Waals surface area (Å²) in [4.78, 5) is 20.7. The van der Waals surface area contributed by atoms with Crippen molar-refractivity contribution in [2.75, 3.05) is 0 Å². The molecule has 120 valence electrons. The van der Waals surface area contributed by atoms with Gasteiger partial charge < -0.3 is 10.2 Å². The number of aryl methyl sites for hydroxylation is 2. The van der Waals surface area contributed by atoms with E-state index in [9.17, 15) is 30.4 Å². The lowest BCUT2D eigenvalue weighted by Crippen LogP contribution is -1.98. The van der Waals surface area contributed by atoms with Crippen molar-refractivity contribution in [3.8, 4) is 11.5 Å². The van der Waals surface area contributed by atoms with E-state index in [-0.39, 0.29) is 40.4 Å². The average molecular weight is 318 g/mol. The third-order valence-electron chi connectivity index (χ3n) is 3.53. The fourth-order valence-corrected chi connectivity index (χ4v) is 2.35. The Morgan fingerprint density at radius 3 is 1.48 bits per heavy atom. The SMILES string of the molecule is Cc1cc([N+](=O)[O-])cc(Cc2cc([N+](=O)[O-])cc(C)c2O)c1O. The van der Waals surface area contributed by atoms with Crippen LogP contribution in [0.25, 0.3) is 0 Å². The van der Waals surface area contributed by atoms with Crippen molar-refractivity contribution in [1.82, 2.24) is 0 Å². The summed E-state index contributed by atoms with van der Waals surface area (Å²) < 4.78 is 0. The number of nitrogens with zero attached hydrogens (tertiary/aromatic N) is 2. The van der Waals surface area contributed by atoms with Gasteiger partial charge in [0, 0.05) is 41.8 Å². The summed E-state index contributed by atoms with van der Waals surface area (Å²) in [6.07, 6.45) is -0.0668. The molecule has 0 aliphatic carbocycles. The Bertz CT molecular complexity index is 749. The fraction of sp³-hybridized carbons (Fsp3) is 0.200. The molecule has 8 nitrogen and oxygen atoms in total. The number of hydrogen-bond acceptors (Lipinski definition) is 6. The molecule has 0 bridgehead atoms. The van der Waals surface area contributed by atoms with Crippen molar-refractivity contribution in [1.29, 1.82) is 0 Å². The van der Waals surface area contributed by atoms with E-state index in [2.05, 4.69) is 0 Å². The van der Waals surface area contributed by atoms with Gasteiger partial charge >= 0.3 is 0 Å². The molecule has 0 atom stereocenters. The van der Waals surface area contributed by atoms with Crippen molar-refractivity contribution in [2.45, 2.75) is 20.3 Å². The summed E-state index contributed by atoms with van der Waals surface area (Å²) in [7, 11) is 0. The van der Waals surface area contributed by atoms with E-state index in [0.29, 0.717) is 11.1 Å². The van der Waals surface area contributed by atoms with Gasteiger partial charge in [-0.15, -0.1) is 0 Å². The first-order chi connectivity index (χ1) is 10.7. The van der Waals surface area contributed by atoms with Crippen LogP contribution in [0.1, 0.15) is 22.3 Å². The molecule has 2 N–H and O–H groups in total. The molecular formula is C15H14N2O6. The second kappa shape index (κ2) is 5.91. The van der Waals surface area contributed by atoms with Crippen LogP contribution in [0.2, 0.25) is 0 Å². The van der Waals surface area contributed by atoms with Gasteiger partial charge in [0.2, 0.25) is 0 Å². The third kappa shape index (κ3) is 3.20. The smallest absolute Gasteiger partial charge is 0.270 e. The number of nitro benzene ring substituents is 2. The van der Waals surface area contributed by atoms with Gasteiger partial charge in [0.1, 0.15) is 11.5 Å². The van der Waals surface area contributed by atoms with Crippen molar-refractivity contribution in [3.63, 3.8) is 0 Å². The van der Waals surface area contributed by atoms with Crippen LogP contribution in [0.5, 0.6) is 11.5 Å². The zero-order chi connectivity index (χ0) is 17.3. The minimum Gasteiger partial charge on any atom is -0.507 e. The highest BCUT2D eigenvalue weighted by Gasteiger charge is 2.18. The van der Waals surface area contributed by atoms with Gasteiger partial charge in [-0.1, -0.05) is 0 Å². The lowest BCUT2D eigenvalue weighted by molar-refractivity contribution is -0.385. The lowest BCUT2D eigenvalue weighted by atomic mass is 9.98. The van der Waals surface area contributed by atoms with Crippen LogP contribution < -0.4 is 0 Å². The Labute approximate surface area is 130 Å². The summed E-state index contributed by atoms with van der Waals surface area (Å²) in [6, 6.07) is 4.85. The first-order valence-electron chi connectivity index (χ1n) is 6.64. The maximum atomic E-state index is 10.9. The quantitative estimate of drug-likeness (QED) is 0.658. The van der Waals surface area contributed by atoms with Crippen LogP contribution >= 0.6 is 0 Å². The van der Waals surface area contributed by atoms with Crippen molar-refractivity contribution in [3.05, 3.63) is 66.7 Å². The van der Waals surface area contributed by atoms with Gasteiger partial charge in [0.25, 0.3) is 11.4 Å². The molecule has 0 unspecified atom stereocenters. The Hall–Kier alpha value is -3.16. The lowest BCUT2D eigenvalue weighted by Gasteiger charge is -2.10. The van der Waals surface area contributed by atoms with Gasteiger partial charge in [-0.3, -0.25) is 20.2 Å². The summed E-state index contributed by atoms with van der Waals surface area (Å²) >= 11 is 0. The first kappa shape index (κ1) is 16.2. The van der Waals surface area contributed by atoms with Crippen LogP contribution in [-0.4, -0.2) is 20.1 Å². The number of benzene rings is 2. The Morgan fingerprint density at radius 1 is 0.826 bits per heavy atom. The minimum absolute atomic E-state index is 0.0668. The molecule has 0 spiro atoms. The van der Waals surface area contributed by atoms with Crippen molar-refractivity contribution >= 4 is 11.4 Å². The average Bonchev–Trinajstić information content (AvgIpc) is 2.47. The Kier molecular flexibility index (Phi) is 4.17. The summed E-state index contributed by atoms with van der Waals surface area (Å²) in [5.74, 6) is -0.279. The molecule has 0 aliphatic rings. The van der Waals surface area contributed by atoms with Gasteiger partial charge in [-0.05, 0) is 25.0 Å². The number of non-ortho nitro benzene ring substituents is 2. The fourth-order valence-electron chi connectivity index (χ4n) is 2.35. The standard InChI is InChI=1S/C15H14N2O6/c1-8-3-12(16(20)21)6-10(14(8)18)5-11-7-13(17(22)23)4-9(2)15(11)19/h3-4,6-7,18-19H,5H2,1-2H3. The van der Waals surface area contributed by atoms with Gasteiger partial charge in [-0.25, -0.2) is 0 Å². The van der Waals surface area contributed by atoms with Crippen LogP contribution in [-0.2, 0) is 6.42 Å². The molecule has 0 aliphatic heterocycles. The topological polar surface area (TPSA) is 127 Å². The maximum absolute atomic E-state index is 10.9. The number of aromatic hydroxyl groups is 2. The van der Waals surface area contributed by atoms with Crippen LogP contribution in [0, 0.1) is 34.1 Å². The van der Waals surface area contributed by atoms with E-state index in [1.54, 1.807) is 0 Å². The number of hydrogen-bond donors (Lipinski definition) is 2. The molecule has 0 saturated heterocycles. The summed E-state index contributed by atoms with van der Waals surface area (Å²) in [6.45, 7) is 3.04. The third-order valence-corrected chi connectivity index (χ3v) is 3.53. The first-order valence-corrected chi connectivity index (χ1v) is 6.64. The van der Waals surface area contributed by atoms with E-state index >= 15 is 0 Å². The maximum Gasteiger partial charge on any atom is 0.270 e. The molecule has 2 aromatic carbocycles. The molecule has 0 saturated carbocycles. The highest BCUT2D eigenvalue weighted by Crippen LogP contribution is 2.34. The Morgan fingerprint density at radius 2 is 1.17 bits per heavy atom. The largest absolute Gasteiger partial charge is 0.507 e. The number of rotatable bonds is 4. The predicted molar refractivity (Wildman–Crippen MR) is 81.8 cm³/mol. The van der Waals surface area contributed by atoms with Gasteiger partial charge in [0.05, 0.1) is 9.85 Å². The molecule has 23 heavy (non-hydrogen) atoms. The monoisotopic (exact) mass is 318 g/mol. The summed E-state index contributed by atoms with van der Waals surface area (Å²) in [5, 5.41) is 42.0. The second-order valence-corrected chi connectivity index (χ2v) is 5.23. The molecule has 0 fully saturated rings. The molecule has 2 rings (SSSR count). The number of phenolic OH excluding ortho intramolecular Hbond substituents is 2. The molecule has 0 heterocycles. The van der Waals surface area contributed by atoms with E-state index in [0.717, 1.165) is 0 Å². The Balaban J connectivity index is 2.55. The molecule has 8 heteroatoms. The molecule has 0 aromatic heterocycles. The predicted octanol–water partition coefficient (Wildman–Crippen LogP) is 3.12.